The maximum Gasteiger partial charge on any atom is 0.289 e. The standard InChI is InChI=1S/C26H34F2N2O3/c27-26(28)12-15-29(16-13-26)17-18-32-22-9-5-21(6-10-22)30-14-11-24(25(30)31)33-23-7-3-20(4-8-23)19-1-2-19/h3-4,7-8,11,19,21-22H,1-2,5-6,9-10,12-18H2. The van der Waals surface area contributed by atoms with Crippen LogP contribution in [0, 0.1) is 0 Å². The third-order valence-electron chi connectivity index (χ3n) is 7.53. The van der Waals surface area contributed by atoms with E-state index in [1.165, 1.54) is 18.4 Å². The molecule has 2 heterocycles. The summed E-state index contributed by atoms with van der Waals surface area (Å²) in [6.07, 6.45) is 8.21. The number of amides is 1. The van der Waals surface area contributed by atoms with Crippen molar-refractivity contribution in [1.29, 1.82) is 0 Å². The molecule has 0 aromatic heterocycles. The molecular weight excluding hydrogens is 426 g/mol. The molecule has 33 heavy (non-hydrogen) atoms. The molecule has 0 bridgehead atoms. The van der Waals surface area contributed by atoms with Gasteiger partial charge in [-0.15, -0.1) is 0 Å². The van der Waals surface area contributed by atoms with Gasteiger partial charge >= 0.3 is 0 Å². The summed E-state index contributed by atoms with van der Waals surface area (Å²) in [4.78, 5) is 16.9. The Kier molecular flexibility index (Phi) is 6.70. The number of halogens is 2. The van der Waals surface area contributed by atoms with Crippen molar-refractivity contribution in [3.8, 4) is 5.75 Å². The van der Waals surface area contributed by atoms with E-state index >= 15 is 0 Å². The smallest absolute Gasteiger partial charge is 0.289 e. The van der Waals surface area contributed by atoms with E-state index in [0.29, 0.717) is 44.5 Å². The maximum absolute atomic E-state index is 13.3. The molecule has 0 spiro atoms. The molecule has 0 atom stereocenters. The minimum absolute atomic E-state index is 0.0208. The van der Waals surface area contributed by atoms with Gasteiger partial charge in [0.2, 0.25) is 0 Å². The molecule has 3 fully saturated rings. The molecule has 1 saturated heterocycles. The van der Waals surface area contributed by atoms with E-state index in [1.807, 2.05) is 23.1 Å². The molecule has 180 valence electrons. The highest BCUT2D eigenvalue weighted by atomic mass is 19.3. The molecule has 2 aliphatic carbocycles. The fourth-order valence-corrected chi connectivity index (χ4v) is 5.22. The SMILES string of the molecule is O=C1C(Oc2ccc(C3CC3)cc2)=CCN1C1CCC(OCCN2CCC(F)(F)CC2)CC1. The van der Waals surface area contributed by atoms with Gasteiger partial charge in [0.05, 0.1) is 12.7 Å². The van der Waals surface area contributed by atoms with Crippen molar-refractivity contribution < 1.29 is 23.0 Å². The van der Waals surface area contributed by atoms with E-state index in [9.17, 15) is 13.6 Å². The number of benzene rings is 1. The first-order valence-electron chi connectivity index (χ1n) is 12.5. The Morgan fingerprint density at radius 3 is 2.33 bits per heavy atom. The fourth-order valence-electron chi connectivity index (χ4n) is 5.22. The molecule has 1 aromatic carbocycles. The van der Waals surface area contributed by atoms with Crippen molar-refractivity contribution in [2.24, 2.45) is 0 Å². The topological polar surface area (TPSA) is 42.0 Å². The van der Waals surface area contributed by atoms with Gasteiger partial charge in [-0.05, 0) is 68.2 Å². The number of likely N-dealkylation sites (tertiary alicyclic amines) is 1. The van der Waals surface area contributed by atoms with E-state index in [1.54, 1.807) is 0 Å². The lowest BCUT2D eigenvalue weighted by Gasteiger charge is -2.35. The van der Waals surface area contributed by atoms with Gasteiger partial charge in [-0.25, -0.2) is 8.78 Å². The maximum atomic E-state index is 13.3. The fraction of sp³-hybridized carbons (Fsp3) is 0.654. The lowest BCUT2D eigenvalue weighted by Crippen LogP contribution is -2.43. The van der Waals surface area contributed by atoms with Crippen LogP contribution in [0.15, 0.2) is 36.1 Å². The third-order valence-corrected chi connectivity index (χ3v) is 7.53. The van der Waals surface area contributed by atoms with Gasteiger partial charge in [0, 0.05) is 45.1 Å². The predicted molar refractivity (Wildman–Crippen MR) is 121 cm³/mol. The average Bonchev–Trinajstić information content (AvgIpc) is 3.60. The monoisotopic (exact) mass is 460 g/mol. The first-order valence-corrected chi connectivity index (χ1v) is 12.5. The van der Waals surface area contributed by atoms with E-state index in [0.717, 1.165) is 31.4 Å². The number of hydrogen-bond acceptors (Lipinski definition) is 4. The van der Waals surface area contributed by atoms with Crippen LogP contribution < -0.4 is 4.74 Å². The number of nitrogens with zero attached hydrogens (tertiary/aromatic N) is 2. The summed E-state index contributed by atoms with van der Waals surface area (Å²) < 4.78 is 38.5. The summed E-state index contributed by atoms with van der Waals surface area (Å²) in [5.74, 6) is -0.662. The molecule has 2 saturated carbocycles. The number of carbonyl (C=O) groups excluding carboxylic acids is 1. The van der Waals surface area contributed by atoms with Crippen molar-refractivity contribution in [1.82, 2.24) is 9.80 Å². The summed E-state index contributed by atoms with van der Waals surface area (Å²) in [6, 6.07) is 8.35. The Balaban J connectivity index is 1.01. The Morgan fingerprint density at radius 1 is 0.970 bits per heavy atom. The highest BCUT2D eigenvalue weighted by Gasteiger charge is 2.35. The van der Waals surface area contributed by atoms with Crippen molar-refractivity contribution in [2.45, 2.75) is 75.4 Å². The Labute approximate surface area is 194 Å². The summed E-state index contributed by atoms with van der Waals surface area (Å²) in [7, 11) is 0. The van der Waals surface area contributed by atoms with Gasteiger partial charge < -0.3 is 19.3 Å². The zero-order valence-corrected chi connectivity index (χ0v) is 19.2. The van der Waals surface area contributed by atoms with Crippen LogP contribution in [0.1, 0.15) is 62.8 Å². The number of hydrogen-bond donors (Lipinski definition) is 0. The number of piperidine rings is 1. The largest absolute Gasteiger partial charge is 0.452 e. The Hall–Kier alpha value is -1.99. The molecule has 0 N–H and O–H groups in total. The second kappa shape index (κ2) is 9.71. The van der Waals surface area contributed by atoms with Crippen LogP contribution in [0.25, 0.3) is 0 Å². The second-order valence-corrected chi connectivity index (χ2v) is 9.97. The Bertz CT molecular complexity index is 851. The minimum Gasteiger partial charge on any atom is -0.452 e. The Morgan fingerprint density at radius 2 is 1.67 bits per heavy atom. The normalized spacial score (nSPS) is 28.1. The number of rotatable bonds is 8. The molecule has 7 heteroatoms. The summed E-state index contributed by atoms with van der Waals surface area (Å²) in [5.41, 5.74) is 1.35. The summed E-state index contributed by atoms with van der Waals surface area (Å²) in [6.45, 7) is 2.80. The highest BCUT2D eigenvalue weighted by Crippen LogP contribution is 2.40. The molecule has 0 unspecified atom stereocenters. The van der Waals surface area contributed by atoms with Gasteiger partial charge in [-0.1, -0.05) is 12.1 Å². The summed E-state index contributed by atoms with van der Waals surface area (Å²) in [5, 5.41) is 0. The van der Waals surface area contributed by atoms with Gasteiger partial charge in [-0.3, -0.25) is 4.79 Å². The first-order chi connectivity index (χ1) is 16.0. The first kappa shape index (κ1) is 22.8. The molecule has 1 amide bonds. The lowest BCUT2D eigenvalue weighted by molar-refractivity contribution is -0.130. The summed E-state index contributed by atoms with van der Waals surface area (Å²) >= 11 is 0. The van der Waals surface area contributed by atoms with Gasteiger partial charge in [0.1, 0.15) is 5.75 Å². The van der Waals surface area contributed by atoms with E-state index in [2.05, 4.69) is 17.0 Å². The molecule has 0 radical (unpaired) electrons. The van der Waals surface area contributed by atoms with Crippen molar-refractivity contribution >= 4 is 5.91 Å². The second-order valence-electron chi connectivity index (χ2n) is 9.97. The predicted octanol–water partition coefficient (Wildman–Crippen LogP) is 4.73. The van der Waals surface area contributed by atoms with E-state index < -0.39 is 5.92 Å². The van der Waals surface area contributed by atoms with Crippen molar-refractivity contribution in [3.05, 3.63) is 41.7 Å². The zero-order valence-electron chi connectivity index (χ0n) is 19.2. The molecule has 5 nitrogen and oxygen atoms in total. The third kappa shape index (κ3) is 5.75. The van der Waals surface area contributed by atoms with Crippen LogP contribution in [0.3, 0.4) is 0 Å². The molecule has 5 rings (SSSR count). The molecule has 4 aliphatic rings. The van der Waals surface area contributed by atoms with Gasteiger partial charge in [0.15, 0.2) is 5.76 Å². The minimum atomic E-state index is -2.50. The zero-order chi connectivity index (χ0) is 22.8. The quantitative estimate of drug-likeness (QED) is 0.563. The van der Waals surface area contributed by atoms with E-state index in [4.69, 9.17) is 9.47 Å². The van der Waals surface area contributed by atoms with Gasteiger partial charge in [0.25, 0.3) is 11.8 Å². The number of carbonyl (C=O) groups is 1. The van der Waals surface area contributed by atoms with Crippen molar-refractivity contribution in [3.63, 3.8) is 0 Å². The molecule has 2 aliphatic heterocycles. The molecule has 1 aromatic rings. The van der Waals surface area contributed by atoms with Crippen LogP contribution in [0.4, 0.5) is 8.78 Å². The van der Waals surface area contributed by atoms with Crippen LogP contribution >= 0.6 is 0 Å². The van der Waals surface area contributed by atoms with Crippen molar-refractivity contribution in [2.75, 3.05) is 32.8 Å². The molecular formula is C26H34F2N2O3. The highest BCUT2D eigenvalue weighted by molar-refractivity contribution is 5.94. The van der Waals surface area contributed by atoms with Crippen LogP contribution in [-0.2, 0) is 9.53 Å². The van der Waals surface area contributed by atoms with Crippen LogP contribution in [0.5, 0.6) is 5.75 Å². The number of alkyl halides is 2. The lowest BCUT2D eigenvalue weighted by atomic mass is 9.92. The van der Waals surface area contributed by atoms with Crippen LogP contribution in [0.2, 0.25) is 0 Å². The average molecular weight is 461 g/mol. The number of ether oxygens (including phenoxy) is 2. The van der Waals surface area contributed by atoms with Gasteiger partial charge in [-0.2, -0.15) is 0 Å². The van der Waals surface area contributed by atoms with Crippen LogP contribution in [-0.4, -0.2) is 66.6 Å². The van der Waals surface area contributed by atoms with E-state index in [-0.39, 0.29) is 30.9 Å².